The molecule has 2 N–H and O–H groups in total. The van der Waals surface area contributed by atoms with Crippen molar-refractivity contribution >= 4 is 38.9 Å². The quantitative estimate of drug-likeness (QED) is 0.630. The van der Waals surface area contributed by atoms with Crippen LogP contribution in [0.3, 0.4) is 0 Å². The highest BCUT2D eigenvalue weighted by molar-refractivity contribution is 7.89. The SMILES string of the molecule is COC[C@@H](C)NS(=O)(=O)c1ccc(NC(=O)C2=NN(c3cccc(C)c3)C(=O)CC2)cc1. The van der Waals surface area contributed by atoms with Crippen LogP contribution in [0.1, 0.15) is 25.3 Å². The highest BCUT2D eigenvalue weighted by atomic mass is 32.2. The maximum Gasteiger partial charge on any atom is 0.271 e. The van der Waals surface area contributed by atoms with Gasteiger partial charge in [0, 0.05) is 31.7 Å². The van der Waals surface area contributed by atoms with Gasteiger partial charge in [-0.25, -0.2) is 18.1 Å². The molecule has 0 aromatic heterocycles. The van der Waals surface area contributed by atoms with E-state index in [1.807, 2.05) is 25.1 Å². The summed E-state index contributed by atoms with van der Waals surface area (Å²) in [4.78, 5) is 25.1. The number of ether oxygens (including phenoxy) is 1. The lowest BCUT2D eigenvalue weighted by Gasteiger charge is -2.23. The molecule has 9 nitrogen and oxygen atoms in total. The van der Waals surface area contributed by atoms with Gasteiger partial charge in [-0.15, -0.1) is 0 Å². The number of anilines is 2. The molecule has 10 heteroatoms. The summed E-state index contributed by atoms with van der Waals surface area (Å²) in [5, 5.41) is 8.20. The van der Waals surface area contributed by atoms with Crippen molar-refractivity contribution < 1.29 is 22.7 Å². The van der Waals surface area contributed by atoms with Crippen LogP contribution in [0.5, 0.6) is 0 Å². The van der Waals surface area contributed by atoms with E-state index in [4.69, 9.17) is 4.74 Å². The van der Waals surface area contributed by atoms with Crippen LogP contribution in [-0.2, 0) is 24.3 Å². The number of hydrogen-bond acceptors (Lipinski definition) is 6. The fraction of sp³-hybridized carbons (Fsp3) is 0.318. The topological polar surface area (TPSA) is 117 Å². The van der Waals surface area contributed by atoms with E-state index in [9.17, 15) is 18.0 Å². The van der Waals surface area contributed by atoms with Crippen molar-refractivity contribution in [3.63, 3.8) is 0 Å². The van der Waals surface area contributed by atoms with Crippen molar-refractivity contribution in [3.8, 4) is 0 Å². The molecule has 2 aromatic rings. The number of sulfonamides is 1. The summed E-state index contributed by atoms with van der Waals surface area (Å²) < 4.78 is 32.3. The highest BCUT2D eigenvalue weighted by Gasteiger charge is 2.26. The second-order valence-corrected chi connectivity index (χ2v) is 9.26. The molecule has 0 fully saturated rings. The maximum atomic E-state index is 12.7. The van der Waals surface area contributed by atoms with Crippen molar-refractivity contribution in [3.05, 3.63) is 54.1 Å². The van der Waals surface area contributed by atoms with Gasteiger partial charge in [0.1, 0.15) is 5.71 Å². The lowest BCUT2D eigenvalue weighted by Crippen LogP contribution is -2.36. The summed E-state index contributed by atoms with van der Waals surface area (Å²) in [6, 6.07) is 12.7. The molecule has 0 saturated heterocycles. The monoisotopic (exact) mass is 458 g/mol. The number of benzene rings is 2. The molecular formula is C22H26N4O5S. The molecule has 2 amide bonds. The zero-order valence-corrected chi connectivity index (χ0v) is 19.0. The van der Waals surface area contributed by atoms with Gasteiger partial charge in [0.2, 0.25) is 15.9 Å². The minimum atomic E-state index is -3.71. The number of hydrazone groups is 1. The van der Waals surface area contributed by atoms with E-state index in [-0.39, 0.29) is 42.0 Å². The van der Waals surface area contributed by atoms with E-state index >= 15 is 0 Å². The standard InChI is InChI=1S/C22H26N4O5S/c1-15-5-4-6-18(13-15)26-21(27)12-11-20(24-26)22(28)23-17-7-9-19(10-8-17)32(29,30)25-16(2)14-31-3/h4-10,13,16,25H,11-12,14H2,1-3H3,(H,23,28)/t16-/m1/s1. The summed E-state index contributed by atoms with van der Waals surface area (Å²) in [6.45, 7) is 3.86. The van der Waals surface area contributed by atoms with Gasteiger partial charge in [-0.1, -0.05) is 12.1 Å². The van der Waals surface area contributed by atoms with E-state index < -0.39 is 15.9 Å². The molecule has 3 rings (SSSR count). The van der Waals surface area contributed by atoms with Crippen LogP contribution in [0.4, 0.5) is 11.4 Å². The third kappa shape index (κ3) is 5.78. The third-order valence-corrected chi connectivity index (χ3v) is 6.34. The first-order valence-corrected chi connectivity index (χ1v) is 11.6. The van der Waals surface area contributed by atoms with Gasteiger partial charge in [0.05, 0.1) is 17.2 Å². The Bertz CT molecular complexity index is 1130. The van der Waals surface area contributed by atoms with E-state index in [0.29, 0.717) is 11.4 Å². The number of hydrogen-bond donors (Lipinski definition) is 2. The number of nitrogens with one attached hydrogen (secondary N) is 2. The van der Waals surface area contributed by atoms with Crippen molar-refractivity contribution in [2.75, 3.05) is 24.0 Å². The molecule has 32 heavy (non-hydrogen) atoms. The largest absolute Gasteiger partial charge is 0.383 e. The fourth-order valence-electron chi connectivity index (χ4n) is 3.22. The number of methoxy groups -OCH3 is 1. The molecule has 0 saturated carbocycles. The molecule has 170 valence electrons. The number of carbonyl (C=O) groups excluding carboxylic acids is 2. The summed E-state index contributed by atoms with van der Waals surface area (Å²) in [5.74, 6) is -0.630. The van der Waals surface area contributed by atoms with Crippen molar-refractivity contribution in [2.45, 2.75) is 37.6 Å². The summed E-state index contributed by atoms with van der Waals surface area (Å²) in [6.07, 6.45) is 0.392. The Morgan fingerprint density at radius 1 is 1.19 bits per heavy atom. The van der Waals surface area contributed by atoms with Crippen molar-refractivity contribution in [1.29, 1.82) is 0 Å². The third-order valence-electron chi connectivity index (χ3n) is 4.74. The minimum absolute atomic E-state index is 0.0738. The first-order chi connectivity index (χ1) is 15.2. The first kappa shape index (κ1) is 23.6. The lowest BCUT2D eigenvalue weighted by molar-refractivity contribution is -0.118. The van der Waals surface area contributed by atoms with Crippen LogP contribution in [0.25, 0.3) is 0 Å². The summed E-state index contributed by atoms with van der Waals surface area (Å²) >= 11 is 0. The Hall–Kier alpha value is -3.08. The van der Waals surface area contributed by atoms with Gasteiger partial charge >= 0.3 is 0 Å². The predicted octanol–water partition coefficient (Wildman–Crippen LogP) is 2.43. The van der Waals surface area contributed by atoms with Crippen molar-refractivity contribution in [2.24, 2.45) is 5.10 Å². The predicted molar refractivity (Wildman–Crippen MR) is 122 cm³/mol. The smallest absolute Gasteiger partial charge is 0.271 e. The van der Waals surface area contributed by atoms with Crippen LogP contribution in [0.2, 0.25) is 0 Å². The van der Waals surface area contributed by atoms with Gasteiger partial charge in [-0.05, 0) is 55.8 Å². The second-order valence-electron chi connectivity index (χ2n) is 7.55. The molecule has 0 aliphatic carbocycles. The molecule has 0 bridgehead atoms. The molecule has 1 aliphatic rings. The Balaban J connectivity index is 1.71. The van der Waals surface area contributed by atoms with Crippen LogP contribution in [-0.4, -0.2) is 45.7 Å². The zero-order chi connectivity index (χ0) is 23.3. The maximum absolute atomic E-state index is 12.7. The van der Waals surface area contributed by atoms with Gasteiger partial charge in [0.15, 0.2) is 0 Å². The van der Waals surface area contributed by atoms with Crippen LogP contribution < -0.4 is 15.0 Å². The minimum Gasteiger partial charge on any atom is -0.383 e. The van der Waals surface area contributed by atoms with Gasteiger partial charge in [-0.2, -0.15) is 5.10 Å². The molecule has 1 atom stereocenters. The van der Waals surface area contributed by atoms with E-state index in [2.05, 4.69) is 15.1 Å². The van der Waals surface area contributed by atoms with Crippen LogP contribution in [0.15, 0.2) is 58.5 Å². The van der Waals surface area contributed by atoms with Gasteiger partial charge in [0.25, 0.3) is 5.91 Å². The lowest BCUT2D eigenvalue weighted by atomic mass is 10.1. The summed E-state index contributed by atoms with van der Waals surface area (Å²) in [5.41, 5.74) is 2.21. The molecular weight excluding hydrogens is 432 g/mol. The zero-order valence-electron chi connectivity index (χ0n) is 18.2. The first-order valence-electron chi connectivity index (χ1n) is 10.1. The summed E-state index contributed by atoms with van der Waals surface area (Å²) in [7, 11) is -2.21. The normalized spacial score (nSPS) is 15.3. The van der Waals surface area contributed by atoms with E-state index in [0.717, 1.165) is 5.56 Å². The molecule has 1 heterocycles. The van der Waals surface area contributed by atoms with Gasteiger partial charge in [-0.3, -0.25) is 9.59 Å². The van der Waals surface area contributed by atoms with Gasteiger partial charge < -0.3 is 10.1 Å². The number of carbonyl (C=O) groups is 2. The van der Waals surface area contributed by atoms with Crippen molar-refractivity contribution in [1.82, 2.24) is 4.72 Å². The Morgan fingerprint density at radius 3 is 2.56 bits per heavy atom. The number of aryl methyl sites for hydroxylation is 1. The Morgan fingerprint density at radius 2 is 1.91 bits per heavy atom. The molecule has 1 aliphatic heterocycles. The number of nitrogens with zero attached hydrogens (tertiary/aromatic N) is 2. The molecule has 0 unspecified atom stereocenters. The van der Waals surface area contributed by atoms with E-state index in [1.54, 1.807) is 13.0 Å². The Labute approximate surface area is 187 Å². The number of rotatable bonds is 8. The molecule has 0 radical (unpaired) electrons. The number of amides is 2. The highest BCUT2D eigenvalue weighted by Crippen LogP contribution is 2.22. The van der Waals surface area contributed by atoms with E-state index in [1.165, 1.54) is 36.4 Å². The molecule has 0 spiro atoms. The molecule has 2 aromatic carbocycles. The van der Waals surface area contributed by atoms with Crippen LogP contribution >= 0.6 is 0 Å². The fourth-order valence-corrected chi connectivity index (χ4v) is 4.44. The van der Waals surface area contributed by atoms with Crippen LogP contribution in [0, 0.1) is 6.92 Å². The Kier molecular flexibility index (Phi) is 7.39. The average Bonchev–Trinajstić information content (AvgIpc) is 2.74. The second kappa shape index (κ2) is 10.0. The average molecular weight is 459 g/mol.